The van der Waals surface area contributed by atoms with Crippen molar-refractivity contribution in [3.63, 3.8) is 0 Å². The fourth-order valence-electron chi connectivity index (χ4n) is 2.60. The molecule has 0 amide bonds. The molecule has 0 saturated heterocycles. The topological polar surface area (TPSA) is 111 Å². The van der Waals surface area contributed by atoms with Gasteiger partial charge in [-0.05, 0) is 18.6 Å². The predicted molar refractivity (Wildman–Crippen MR) is 81.6 cm³/mol. The van der Waals surface area contributed by atoms with Crippen LogP contribution in [0.25, 0.3) is 10.9 Å². The van der Waals surface area contributed by atoms with Gasteiger partial charge in [0, 0.05) is 36.2 Å². The number of hydrogen-bond acceptors (Lipinski definition) is 4. The van der Waals surface area contributed by atoms with E-state index in [9.17, 15) is 14.9 Å². The van der Waals surface area contributed by atoms with Gasteiger partial charge in [0.2, 0.25) is 0 Å². The highest BCUT2D eigenvalue weighted by Crippen LogP contribution is 2.34. The average molecular weight is 301 g/mol. The second-order valence-electron chi connectivity index (χ2n) is 5.03. The quantitative estimate of drug-likeness (QED) is 0.502. The highest BCUT2D eigenvalue weighted by Gasteiger charge is 2.25. The van der Waals surface area contributed by atoms with Crippen LogP contribution >= 0.6 is 0 Å². The van der Waals surface area contributed by atoms with Gasteiger partial charge >= 0.3 is 5.97 Å². The van der Waals surface area contributed by atoms with E-state index >= 15 is 0 Å². The summed E-state index contributed by atoms with van der Waals surface area (Å²) in [4.78, 5) is 21.8. The Labute approximate surface area is 126 Å². The van der Waals surface area contributed by atoms with E-state index in [1.165, 1.54) is 12.1 Å². The molecule has 0 fully saturated rings. The van der Waals surface area contributed by atoms with Gasteiger partial charge in [0.05, 0.1) is 4.92 Å². The number of carboxylic acids is 1. The Morgan fingerprint density at radius 2 is 2.23 bits per heavy atom. The minimum absolute atomic E-state index is 0.0500. The molecule has 0 aliphatic heterocycles. The summed E-state index contributed by atoms with van der Waals surface area (Å²) >= 11 is 0. The number of nitro groups is 1. The molecule has 0 spiro atoms. The van der Waals surface area contributed by atoms with Crippen LogP contribution < -0.4 is 5.73 Å². The summed E-state index contributed by atoms with van der Waals surface area (Å²) in [6.45, 7) is 1.76. The fourth-order valence-corrected chi connectivity index (χ4v) is 2.60. The second kappa shape index (κ2) is 5.50. The van der Waals surface area contributed by atoms with Gasteiger partial charge in [-0.25, -0.2) is 0 Å². The minimum Gasteiger partial charge on any atom is -0.480 e. The number of non-ortho nitro benzene ring substituents is 1. The summed E-state index contributed by atoms with van der Waals surface area (Å²) < 4.78 is 1.65. The van der Waals surface area contributed by atoms with Crippen LogP contribution in [-0.4, -0.2) is 26.6 Å². The van der Waals surface area contributed by atoms with E-state index in [1.54, 1.807) is 18.5 Å². The third-order valence-corrected chi connectivity index (χ3v) is 3.83. The second-order valence-corrected chi connectivity index (χ2v) is 5.03. The molecule has 7 heteroatoms. The van der Waals surface area contributed by atoms with Crippen molar-refractivity contribution >= 4 is 22.6 Å². The molecule has 0 saturated carbocycles. The third kappa shape index (κ3) is 2.29. The molecule has 1 heterocycles. The SMILES string of the molecule is C#Cc1ccc([N+](=O)[O-])c2c1c(CC(N)C(=O)O)c(C)n2C. The number of fused-ring (bicyclic) bond motifs is 1. The first-order valence-electron chi connectivity index (χ1n) is 6.49. The molecule has 2 aromatic rings. The Morgan fingerprint density at radius 1 is 1.59 bits per heavy atom. The smallest absolute Gasteiger partial charge is 0.320 e. The number of nitro benzene ring substituents is 1. The minimum atomic E-state index is -1.14. The lowest BCUT2D eigenvalue weighted by Gasteiger charge is -2.07. The van der Waals surface area contributed by atoms with Crippen LogP contribution in [0.1, 0.15) is 16.8 Å². The lowest BCUT2D eigenvalue weighted by atomic mass is 9.99. The molecule has 1 aromatic carbocycles. The lowest BCUT2D eigenvalue weighted by molar-refractivity contribution is -0.383. The third-order valence-electron chi connectivity index (χ3n) is 3.83. The van der Waals surface area contributed by atoms with Crippen molar-refractivity contribution in [3.05, 3.63) is 39.1 Å². The first-order chi connectivity index (χ1) is 10.3. The lowest BCUT2D eigenvalue weighted by Crippen LogP contribution is -2.32. The Kier molecular flexibility index (Phi) is 3.89. The Morgan fingerprint density at radius 3 is 2.73 bits per heavy atom. The zero-order valence-corrected chi connectivity index (χ0v) is 12.2. The van der Waals surface area contributed by atoms with Crippen LogP contribution in [0.15, 0.2) is 12.1 Å². The highest BCUT2D eigenvalue weighted by atomic mass is 16.6. The Hall–Kier alpha value is -2.85. The van der Waals surface area contributed by atoms with Crippen molar-refractivity contribution in [1.29, 1.82) is 0 Å². The number of aromatic nitrogens is 1. The normalized spacial score (nSPS) is 12.1. The summed E-state index contributed by atoms with van der Waals surface area (Å²) in [5, 5.41) is 20.8. The van der Waals surface area contributed by atoms with Gasteiger partial charge in [-0.2, -0.15) is 0 Å². The number of hydrogen-bond donors (Lipinski definition) is 2. The highest BCUT2D eigenvalue weighted by molar-refractivity contribution is 5.97. The summed E-state index contributed by atoms with van der Waals surface area (Å²) in [5.41, 5.74) is 7.74. The maximum absolute atomic E-state index is 11.2. The van der Waals surface area contributed by atoms with Crippen molar-refractivity contribution in [2.75, 3.05) is 0 Å². The number of carboxylic acid groups (broad SMARTS) is 1. The van der Waals surface area contributed by atoms with Gasteiger partial charge in [-0.3, -0.25) is 14.9 Å². The van der Waals surface area contributed by atoms with E-state index in [-0.39, 0.29) is 12.1 Å². The largest absolute Gasteiger partial charge is 0.480 e. The number of aryl methyl sites for hydroxylation is 1. The van der Waals surface area contributed by atoms with Crippen molar-refractivity contribution in [3.8, 4) is 12.3 Å². The zero-order chi connectivity index (χ0) is 16.6. The van der Waals surface area contributed by atoms with Crippen molar-refractivity contribution in [1.82, 2.24) is 4.57 Å². The molecule has 7 nitrogen and oxygen atoms in total. The standard InChI is InChI=1S/C15H15N3O4/c1-4-9-5-6-12(18(21)22)14-13(9)10(8(2)17(14)3)7-11(16)15(19)20/h1,5-6,11H,7,16H2,2-3H3,(H,19,20). The van der Waals surface area contributed by atoms with Gasteiger partial charge < -0.3 is 15.4 Å². The Balaban J connectivity index is 2.85. The average Bonchev–Trinajstić information content (AvgIpc) is 2.71. The van der Waals surface area contributed by atoms with Crippen LogP contribution in [-0.2, 0) is 18.3 Å². The Bertz CT molecular complexity index is 830. The molecule has 1 unspecified atom stereocenters. The molecule has 1 atom stereocenters. The number of terminal acetylenes is 1. The monoisotopic (exact) mass is 301 g/mol. The van der Waals surface area contributed by atoms with Crippen LogP contribution in [0.3, 0.4) is 0 Å². The molecule has 22 heavy (non-hydrogen) atoms. The van der Waals surface area contributed by atoms with Gasteiger partial charge in [-0.1, -0.05) is 5.92 Å². The number of nitrogens with zero attached hydrogens (tertiary/aromatic N) is 2. The first-order valence-corrected chi connectivity index (χ1v) is 6.49. The first kappa shape index (κ1) is 15.5. The van der Waals surface area contributed by atoms with E-state index in [0.29, 0.717) is 27.7 Å². The van der Waals surface area contributed by atoms with E-state index in [1.807, 2.05) is 0 Å². The molecule has 0 bridgehead atoms. The molecule has 0 aliphatic rings. The maximum Gasteiger partial charge on any atom is 0.320 e. The van der Waals surface area contributed by atoms with E-state index in [0.717, 1.165) is 0 Å². The zero-order valence-electron chi connectivity index (χ0n) is 12.2. The van der Waals surface area contributed by atoms with Crippen LogP contribution in [0.5, 0.6) is 0 Å². The molecule has 0 radical (unpaired) electrons. The molecule has 3 N–H and O–H groups in total. The van der Waals surface area contributed by atoms with Crippen molar-refractivity contribution < 1.29 is 14.8 Å². The fraction of sp³-hybridized carbons (Fsp3) is 0.267. The van der Waals surface area contributed by atoms with Crippen LogP contribution in [0.2, 0.25) is 0 Å². The van der Waals surface area contributed by atoms with Crippen molar-refractivity contribution in [2.45, 2.75) is 19.4 Å². The van der Waals surface area contributed by atoms with Gasteiger partial charge in [0.15, 0.2) is 0 Å². The summed E-state index contributed by atoms with van der Waals surface area (Å²) in [7, 11) is 1.68. The number of rotatable bonds is 4. The van der Waals surface area contributed by atoms with E-state index in [2.05, 4.69) is 5.92 Å². The molecule has 114 valence electrons. The van der Waals surface area contributed by atoms with Gasteiger partial charge in [0.1, 0.15) is 11.6 Å². The number of carbonyl (C=O) groups is 1. The van der Waals surface area contributed by atoms with E-state index in [4.69, 9.17) is 17.3 Å². The summed E-state index contributed by atoms with van der Waals surface area (Å²) in [6.07, 6.45) is 5.53. The molecule has 2 rings (SSSR count). The maximum atomic E-state index is 11.2. The van der Waals surface area contributed by atoms with Gasteiger partial charge in [0.25, 0.3) is 5.69 Å². The molecule has 0 aliphatic carbocycles. The summed E-state index contributed by atoms with van der Waals surface area (Å²) in [6, 6.07) is 1.75. The van der Waals surface area contributed by atoms with Gasteiger partial charge in [-0.15, -0.1) is 6.42 Å². The number of benzene rings is 1. The molecular weight excluding hydrogens is 286 g/mol. The van der Waals surface area contributed by atoms with E-state index < -0.39 is 16.9 Å². The van der Waals surface area contributed by atoms with Crippen LogP contribution in [0.4, 0.5) is 5.69 Å². The molecular formula is C15H15N3O4. The number of nitrogens with two attached hydrogens (primary N) is 1. The van der Waals surface area contributed by atoms with Crippen LogP contribution in [0, 0.1) is 29.4 Å². The van der Waals surface area contributed by atoms with Crippen molar-refractivity contribution in [2.24, 2.45) is 12.8 Å². The number of aliphatic carboxylic acids is 1. The molecule has 1 aromatic heterocycles. The summed E-state index contributed by atoms with van der Waals surface area (Å²) in [5.74, 6) is 1.36. The predicted octanol–water partition coefficient (Wildman–Crippen LogP) is 1.33.